The number of carbonyl (C=O) groups excluding carboxylic acids is 2. The van der Waals surface area contributed by atoms with Crippen LogP contribution in [0.3, 0.4) is 0 Å². The second kappa shape index (κ2) is 5.28. The van der Waals surface area contributed by atoms with Crippen LogP contribution in [0.2, 0.25) is 0 Å². The number of aldehydes is 2. The van der Waals surface area contributed by atoms with E-state index in [1.807, 2.05) is 0 Å². The Morgan fingerprint density at radius 1 is 0.850 bits per heavy atom. The molecule has 0 fully saturated rings. The van der Waals surface area contributed by atoms with Crippen molar-refractivity contribution in [1.29, 1.82) is 0 Å². The molecule has 0 amide bonds. The Bertz CT molecular complexity index is 643. The first-order valence-electron chi connectivity index (χ1n) is 5.68. The minimum absolute atomic E-state index is 0.187. The van der Waals surface area contributed by atoms with Crippen molar-refractivity contribution in [3.05, 3.63) is 59.2 Å². The summed E-state index contributed by atoms with van der Waals surface area (Å²) in [6.45, 7) is 0. The van der Waals surface area contributed by atoms with Crippen LogP contribution in [-0.4, -0.2) is 12.6 Å². The Balaban J connectivity index is 2.61. The Labute approximate surface area is 112 Å². The van der Waals surface area contributed by atoms with E-state index >= 15 is 0 Å². The highest BCUT2D eigenvalue weighted by Crippen LogP contribution is 2.35. The molecule has 0 bridgehead atoms. The van der Waals surface area contributed by atoms with Gasteiger partial charge in [-0.1, -0.05) is 36.4 Å². The molecule has 0 N–H and O–H groups in total. The van der Waals surface area contributed by atoms with Gasteiger partial charge < -0.3 is 0 Å². The second-order valence-electron chi connectivity index (χ2n) is 4.12. The summed E-state index contributed by atoms with van der Waals surface area (Å²) in [5, 5.41) is 0. The molecule has 0 heterocycles. The summed E-state index contributed by atoms with van der Waals surface area (Å²) in [6, 6.07) is 9.54. The molecule has 0 atom stereocenters. The van der Waals surface area contributed by atoms with E-state index < -0.39 is 17.3 Å². The Morgan fingerprint density at radius 2 is 1.50 bits per heavy atom. The molecule has 0 aromatic heterocycles. The lowest BCUT2D eigenvalue weighted by Gasteiger charge is -2.13. The Morgan fingerprint density at radius 3 is 2.00 bits per heavy atom. The van der Waals surface area contributed by atoms with Gasteiger partial charge in [-0.15, -0.1) is 0 Å². The summed E-state index contributed by atoms with van der Waals surface area (Å²) in [5.74, 6) is 0. The minimum Gasteiger partial charge on any atom is -0.298 e. The fourth-order valence-corrected chi connectivity index (χ4v) is 1.93. The average Bonchev–Trinajstić information content (AvgIpc) is 2.45. The highest BCUT2D eigenvalue weighted by atomic mass is 19.4. The number of hydrogen-bond donors (Lipinski definition) is 0. The van der Waals surface area contributed by atoms with Crippen molar-refractivity contribution in [2.75, 3.05) is 0 Å². The largest absolute Gasteiger partial charge is 0.417 e. The summed E-state index contributed by atoms with van der Waals surface area (Å²) in [6.07, 6.45) is -3.75. The van der Waals surface area contributed by atoms with Crippen molar-refractivity contribution in [2.24, 2.45) is 0 Å². The van der Waals surface area contributed by atoms with Crippen molar-refractivity contribution in [1.82, 2.24) is 0 Å². The normalized spacial score (nSPS) is 11.2. The van der Waals surface area contributed by atoms with Crippen molar-refractivity contribution in [2.45, 2.75) is 6.18 Å². The molecule has 2 nitrogen and oxygen atoms in total. The van der Waals surface area contributed by atoms with E-state index in [-0.39, 0.29) is 11.8 Å². The molecule has 2 aromatic rings. The van der Waals surface area contributed by atoms with E-state index in [0.29, 0.717) is 17.4 Å². The third kappa shape index (κ3) is 2.61. The van der Waals surface area contributed by atoms with E-state index in [0.717, 1.165) is 6.07 Å². The summed E-state index contributed by atoms with van der Waals surface area (Å²) in [7, 11) is 0. The summed E-state index contributed by atoms with van der Waals surface area (Å²) >= 11 is 0. The molecule has 0 aliphatic rings. The van der Waals surface area contributed by atoms with Gasteiger partial charge in [-0.2, -0.15) is 13.2 Å². The molecule has 0 saturated carbocycles. The Kier molecular flexibility index (Phi) is 3.70. The van der Waals surface area contributed by atoms with E-state index in [2.05, 4.69) is 0 Å². The number of carbonyl (C=O) groups is 2. The summed E-state index contributed by atoms with van der Waals surface area (Å²) in [5.41, 5.74) is -0.326. The summed E-state index contributed by atoms with van der Waals surface area (Å²) in [4.78, 5) is 21.6. The molecule has 102 valence electrons. The quantitative estimate of drug-likeness (QED) is 0.795. The highest BCUT2D eigenvalue weighted by Gasteiger charge is 2.34. The van der Waals surface area contributed by atoms with Gasteiger partial charge in [-0.25, -0.2) is 0 Å². The van der Waals surface area contributed by atoms with E-state index in [1.54, 1.807) is 0 Å². The van der Waals surface area contributed by atoms with Crippen molar-refractivity contribution >= 4 is 12.6 Å². The number of hydrogen-bond acceptors (Lipinski definition) is 2. The fraction of sp³-hybridized carbons (Fsp3) is 0.0667. The van der Waals surface area contributed by atoms with Crippen LogP contribution in [0, 0.1) is 0 Å². The van der Waals surface area contributed by atoms with Crippen LogP contribution in [0.5, 0.6) is 0 Å². The van der Waals surface area contributed by atoms with Gasteiger partial charge in [-0.05, 0) is 17.2 Å². The zero-order valence-corrected chi connectivity index (χ0v) is 10.1. The molecule has 0 saturated heterocycles. The number of rotatable bonds is 3. The van der Waals surface area contributed by atoms with Crippen LogP contribution in [0.1, 0.15) is 26.3 Å². The first-order chi connectivity index (χ1) is 9.47. The van der Waals surface area contributed by atoms with Gasteiger partial charge in [0, 0.05) is 11.1 Å². The zero-order chi connectivity index (χ0) is 14.8. The van der Waals surface area contributed by atoms with Crippen LogP contribution in [0.4, 0.5) is 13.2 Å². The SMILES string of the molecule is O=Cc1ccc(-c2cccc(C(F)(F)F)c2C=O)cc1. The number of alkyl halides is 3. The summed E-state index contributed by atoms with van der Waals surface area (Å²) < 4.78 is 38.5. The third-order valence-corrected chi connectivity index (χ3v) is 2.89. The van der Waals surface area contributed by atoms with Gasteiger partial charge in [0.2, 0.25) is 0 Å². The molecular weight excluding hydrogens is 269 g/mol. The third-order valence-electron chi connectivity index (χ3n) is 2.89. The van der Waals surface area contributed by atoms with Crippen LogP contribution < -0.4 is 0 Å². The van der Waals surface area contributed by atoms with Gasteiger partial charge in [0.05, 0.1) is 5.56 Å². The van der Waals surface area contributed by atoms with Gasteiger partial charge >= 0.3 is 6.18 Å². The van der Waals surface area contributed by atoms with Gasteiger partial charge in [0.15, 0.2) is 6.29 Å². The first kappa shape index (κ1) is 14.0. The van der Waals surface area contributed by atoms with Gasteiger partial charge in [0.1, 0.15) is 6.29 Å². The molecule has 0 aliphatic carbocycles. The predicted octanol–water partition coefficient (Wildman–Crippen LogP) is 4.00. The predicted molar refractivity (Wildman–Crippen MR) is 67.7 cm³/mol. The zero-order valence-electron chi connectivity index (χ0n) is 10.1. The highest BCUT2D eigenvalue weighted by molar-refractivity contribution is 5.90. The minimum atomic E-state index is -4.59. The number of benzene rings is 2. The average molecular weight is 278 g/mol. The molecule has 5 heteroatoms. The van der Waals surface area contributed by atoms with Crippen molar-refractivity contribution in [3.8, 4) is 11.1 Å². The molecule has 20 heavy (non-hydrogen) atoms. The van der Waals surface area contributed by atoms with E-state index in [9.17, 15) is 22.8 Å². The van der Waals surface area contributed by atoms with Gasteiger partial charge in [0.25, 0.3) is 0 Å². The molecule has 0 aliphatic heterocycles. The molecule has 2 aromatic carbocycles. The molecular formula is C15H9F3O2. The maximum atomic E-state index is 12.8. The smallest absolute Gasteiger partial charge is 0.298 e. The lowest BCUT2D eigenvalue weighted by atomic mass is 9.95. The van der Waals surface area contributed by atoms with Crippen LogP contribution in [0.25, 0.3) is 11.1 Å². The first-order valence-corrected chi connectivity index (χ1v) is 5.68. The van der Waals surface area contributed by atoms with Gasteiger partial charge in [-0.3, -0.25) is 9.59 Å². The van der Waals surface area contributed by atoms with Crippen LogP contribution in [0.15, 0.2) is 42.5 Å². The molecule has 2 rings (SSSR count). The van der Waals surface area contributed by atoms with E-state index in [1.165, 1.54) is 36.4 Å². The lowest BCUT2D eigenvalue weighted by molar-refractivity contribution is -0.137. The van der Waals surface area contributed by atoms with Crippen LogP contribution >= 0.6 is 0 Å². The maximum Gasteiger partial charge on any atom is 0.417 e. The topological polar surface area (TPSA) is 34.1 Å². The molecule has 0 radical (unpaired) electrons. The van der Waals surface area contributed by atoms with Crippen molar-refractivity contribution < 1.29 is 22.8 Å². The maximum absolute atomic E-state index is 12.8. The monoisotopic (exact) mass is 278 g/mol. The second-order valence-corrected chi connectivity index (χ2v) is 4.12. The number of halogens is 3. The lowest BCUT2D eigenvalue weighted by Crippen LogP contribution is -2.09. The fourth-order valence-electron chi connectivity index (χ4n) is 1.93. The van der Waals surface area contributed by atoms with Crippen LogP contribution in [-0.2, 0) is 6.18 Å². The Hall–Kier alpha value is -2.43. The molecule has 0 unspecified atom stereocenters. The van der Waals surface area contributed by atoms with Crippen molar-refractivity contribution in [3.63, 3.8) is 0 Å². The molecule has 0 spiro atoms. The van der Waals surface area contributed by atoms with E-state index in [4.69, 9.17) is 0 Å². The standard InChI is InChI=1S/C15H9F3O2/c16-15(17,18)14-3-1-2-12(13(14)9-20)11-6-4-10(8-19)5-7-11/h1-9H.